The number of nitrogens with zero attached hydrogens (tertiary/aromatic N) is 2. The molecule has 8 nitrogen and oxygen atoms in total. The zero-order valence-corrected chi connectivity index (χ0v) is 33.5. The molecular weight excluding hydrogens is 628 g/mol. The number of carbonyl (C=O) groups is 1. The maximum absolute atomic E-state index is 12.7. The SMILES string of the molecule is CCO[C@@H]([C@@H]1C[C@H]2[C@H]([C@H](C)C1)[C@@]1(C)CCC34C[C@@]35CC[C@H](O[C@H]3CN([C@@H](C)C(=O)N(C)C)CCO3)C(C)(C)[C@@H]5CC[C@H]4[C@]1(C)[C@H]2O)C(C)(C)O. The number of fused-ring (bicyclic) bond motifs is 4. The molecule has 0 radical (unpaired) electrons. The van der Waals surface area contributed by atoms with Crippen molar-refractivity contribution in [2.75, 3.05) is 40.4 Å². The first-order valence-corrected chi connectivity index (χ1v) is 20.5. The average molecular weight is 701 g/mol. The second-order valence-electron chi connectivity index (χ2n) is 20.4. The van der Waals surface area contributed by atoms with Gasteiger partial charge in [-0.25, -0.2) is 0 Å². The highest BCUT2D eigenvalue weighted by Gasteiger charge is 2.84. The lowest BCUT2D eigenvalue weighted by Gasteiger charge is -2.64. The number of aliphatic hydroxyl groups excluding tert-OH is 1. The fourth-order valence-corrected chi connectivity index (χ4v) is 15.4. The lowest BCUT2D eigenvalue weighted by atomic mass is 9.41. The van der Waals surface area contributed by atoms with Crippen LogP contribution in [0.3, 0.4) is 0 Å². The molecule has 6 aliphatic carbocycles. The Hall–Kier alpha value is -0.770. The van der Waals surface area contributed by atoms with E-state index in [0.717, 1.165) is 25.8 Å². The van der Waals surface area contributed by atoms with Gasteiger partial charge in [0.1, 0.15) is 0 Å². The van der Waals surface area contributed by atoms with Crippen molar-refractivity contribution in [1.82, 2.24) is 9.80 Å². The van der Waals surface area contributed by atoms with Crippen LogP contribution in [0.5, 0.6) is 0 Å². The molecule has 6 saturated carbocycles. The third-order valence-corrected chi connectivity index (χ3v) is 17.5. The molecule has 7 rings (SSSR count). The molecule has 1 saturated heterocycles. The molecule has 50 heavy (non-hydrogen) atoms. The lowest BCUT2D eigenvalue weighted by Crippen LogP contribution is -2.60. The first-order chi connectivity index (χ1) is 23.3. The fourth-order valence-electron chi connectivity index (χ4n) is 15.4. The number of aliphatic hydroxyl groups is 2. The Morgan fingerprint density at radius 1 is 1.04 bits per heavy atom. The Balaban J connectivity index is 1.10. The first kappa shape index (κ1) is 37.5. The van der Waals surface area contributed by atoms with E-state index in [9.17, 15) is 15.0 Å². The van der Waals surface area contributed by atoms with E-state index in [1.807, 2.05) is 41.8 Å². The predicted molar refractivity (Wildman–Crippen MR) is 195 cm³/mol. The molecule has 2 N–H and O–H groups in total. The van der Waals surface area contributed by atoms with Crippen LogP contribution in [0.4, 0.5) is 0 Å². The molecule has 2 spiro atoms. The van der Waals surface area contributed by atoms with Crippen LogP contribution in [0.1, 0.15) is 120 Å². The summed E-state index contributed by atoms with van der Waals surface area (Å²) in [7, 11) is 3.66. The van der Waals surface area contributed by atoms with Gasteiger partial charge in [0.15, 0.2) is 6.29 Å². The van der Waals surface area contributed by atoms with Crippen molar-refractivity contribution in [3.63, 3.8) is 0 Å². The Morgan fingerprint density at radius 2 is 1.72 bits per heavy atom. The Morgan fingerprint density at radius 3 is 2.38 bits per heavy atom. The number of hydrogen-bond acceptors (Lipinski definition) is 7. The van der Waals surface area contributed by atoms with Crippen LogP contribution in [0, 0.1) is 62.6 Å². The number of amides is 1. The monoisotopic (exact) mass is 701 g/mol. The minimum Gasteiger partial charge on any atom is -0.392 e. The van der Waals surface area contributed by atoms with Crippen LogP contribution in [0.15, 0.2) is 0 Å². The van der Waals surface area contributed by atoms with Gasteiger partial charge in [0.05, 0.1) is 43.1 Å². The van der Waals surface area contributed by atoms with Gasteiger partial charge in [-0.2, -0.15) is 0 Å². The summed E-state index contributed by atoms with van der Waals surface area (Å²) in [6.45, 7) is 22.9. The van der Waals surface area contributed by atoms with Crippen molar-refractivity contribution in [1.29, 1.82) is 0 Å². The highest BCUT2D eigenvalue weighted by molar-refractivity contribution is 5.80. The molecule has 0 aromatic rings. The highest BCUT2D eigenvalue weighted by atomic mass is 16.7. The van der Waals surface area contributed by atoms with Gasteiger partial charge in [0, 0.05) is 32.7 Å². The number of hydrogen-bond donors (Lipinski definition) is 2. The van der Waals surface area contributed by atoms with Crippen LogP contribution in [0.2, 0.25) is 0 Å². The largest absolute Gasteiger partial charge is 0.392 e. The van der Waals surface area contributed by atoms with Crippen molar-refractivity contribution >= 4 is 5.91 Å². The van der Waals surface area contributed by atoms with E-state index < -0.39 is 5.60 Å². The van der Waals surface area contributed by atoms with Crippen molar-refractivity contribution in [2.45, 2.75) is 156 Å². The first-order valence-electron chi connectivity index (χ1n) is 20.5. The van der Waals surface area contributed by atoms with Gasteiger partial charge >= 0.3 is 0 Å². The fraction of sp³-hybridized carbons (Fsp3) is 0.976. The Bertz CT molecular complexity index is 1300. The maximum Gasteiger partial charge on any atom is 0.239 e. The van der Waals surface area contributed by atoms with Gasteiger partial charge in [0.2, 0.25) is 5.91 Å². The van der Waals surface area contributed by atoms with Gasteiger partial charge < -0.3 is 29.3 Å². The molecule has 0 aromatic carbocycles. The standard InChI is InChI=1S/C42H72N2O6/c1-12-48-35(38(6,7)47)27-21-25(2)33-28(22-27)34(45)40(9)30-14-13-29-37(4,5)31(15-16-41(29)24-42(30,41)18-17-39(33,40)8)50-32-23-44(19-20-49-32)26(3)36(46)43(10)11/h25-35,45,47H,12-24H2,1-11H3/t25-,26+,27+,28+,29+,30+,31+,32+,33+,34+,35+,39-,40-,41-,42?/m1/s1. The minimum atomic E-state index is -0.901. The topological polar surface area (TPSA) is 91.7 Å². The van der Waals surface area contributed by atoms with E-state index in [1.54, 1.807) is 4.90 Å². The second-order valence-corrected chi connectivity index (χ2v) is 20.4. The normalized spacial score (nSPS) is 49.4. The minimum absolute atomic E-state index is 0.0283. The van der Waals surface area contributed by atoms with Gasteiger partial charge in [0.25, 0.3) is 0 Å². The molecule has 7 fully saturated rings. The summed E-state index contributed by atoms with van der Waals surface area (Å²) in [4.78, 5) is 16.7. The van der Waals surface area contributed by atoms with Crippen LogP contribution >= 0.6 is 0 Å². The second kappa shape index (κ2) is 12.4. The van der Waals surface area contributed by atoms with E-state index in [1.165, 1.54) is 38.5 Å². The maximum atomic E-state index is 12.7. The molecule has 1 amide bonds. The molecular formula is C42H72N2O6. The molecule has 7 aliphatic rings. The van der Waals surface area contributed by atoms with Crippen molar-refractivity contribution < 1.29 is 29.2 Å². The van der Waals surface area contributed by atoms with E-state index in [0.29, 0.717) is 54.3 Å². The van der Waals surface area contributed by atoms with Gasteiger partial charge in [-0.15, -0.1) is 0 Å². The quantitative estimate of drug-likeness (QED) is 0.305. The van der Waals surface area contributed by atoms with Crippen molar-refractivity contribution in [3.05, 3.63) is 0 Å². The van der Waals surface area contributed by atoms with E-state index >= 15 is 0 Å². The average Bonchev–Trinajstić information content (AvgIpc) is 3.68. The van der Waals surface area contributed by atoms with Crippen LogP contribution < -0.4 is 0 Å². The Kier molecular flexibility index (Phi) is 9.29. The molecule has 1 heterocycles. The third-order valence-electron chi connectivity index (χ3n) is 17.5. The molecule has 1 aliphatic heterocycles. The highest BCUT2D eigenvalue weighted by Crippen LogP contribution is 2.89. The number of morpholine rings is 1. The van der Waals surface area contributed by atoms with Crippen LogP contribution in [-0.2, 0) is 19.0 Å². The molecule has 8 heteroatoms. The molecule has 15 atom stereocenters. The predicted octanol–water partition coefficient (Wildman–Crippen LogP) is 6.36. The van der Waals surface area contributed by atoms with Crippen LogP contribution in [0.25, 0.3) is 0 Å². The van der Waals surface area contributed by atoms with Crippen molar-refractivity contribution in [2.24, 2.45) is 62.6 Å². The molecule has 1 unspecified atom stereocenters. The Labute approximate surface area is 303 Å². The van der Waals surface area contributed by atoms with E-state index in [2.05, 4.69) is 39.5 Å². The molecule has 0 aromatic heterocycles. The number of likely N-dealkylation sites (N-methyl/N-ethyl adjacent to an activating group) is 1. The molecule has 0 bridgehead atoms. The number of rotatable bonds is 8. The zero-order chi connectivity index (χ0) is 36.4. The summed E-state index contributed by atoms with van der Waals surface area (Å²) in [5.41, 5.74) is -0.189. The van der Waals surface area contributed by atoms with Gasteiger partial charge in [-0.05, 0) is 143 Å². The summed E-state index contributed by atoms with van der Waals surface area (Å²) in [5.74, 6) is 2.82. The molecule has 286 valence electrons. The smallest absolute Gasteiger partial charge is 0.239 e. The third kappa shape index (κ3) is 5.13. The van der Waals surface area contributed by atoms with E-state index in [-0.39, 0.29) is 64.6 Å². The summed E-state index contributed by atoms with van der Waals surface area (Å²) in [6.07, 6.45) is 9.86. The summed E-state index contributed by atoms with van der Waals surface area (Å²) < 4.78 is 19.4. The number of carbonyl (C=O) groups excluding carboxylic acids is 1. The van der Waals surface area contributed by atoms with E-state index in [4.69, 9.17) is 14.2 Å². The van der Waals surface area contributed by atoms with Crippen LogP contribution in [-0.4, -0.2) is 103 Å². The summed E-state index contributed by atoms with van der Waals surface area (Å²) in [6, 6.07) is -0.182. The van der Waals surface area contributed by atoms with Gasteiger partial charge in [-0.3, -0.25) is 9.69 Å². The zero-order valence-electron chi connectivity index (χ0n) is 33.5. The van der Waals surface area contributed by atoms with Gasteiger partial charge in [-0.1, -0.05) is 34.6 Å². The van der Waals surface area contributed by atoms with Crippen molar-refractivity contribution in [3.8, 4) is 0 Å². The summed E-state index contributed by atoms with van der Waals surface area (Å²) in [5, 5.41) is 23.9. The lowest BCUT2D eigenvalue weighted by molar-refractivity contribution is -0.250. The summed E-state index contributed by atoms with van der Waals surface area (Å²) >= 11 is 0. The number of ether oxygens (including phenoxy) is 3.